The number of rotatable bonds is 7. The van der Waals surface area contributed by atoms with E-state index in [1.54, 1.807) is 7.11 Å². The summed E-state index contributed by atoms with van der Waals surface area (Å²) in [5, 5.41) is 0. The van der Waals surface area contributed by atoms with Crippen LogP contribution in [0.3, 0.4) is 0 Å². The van der Waals surface area contributed by atoms with E-state index in [1.807, 2.05) is 12.1 Å². The maximum Gasteiger partial charge on any atom is 0.118 e. The summed E-state index contributed by atoms with van der Waals surface area (Å²) < 4.78 is 5.18. The van der Waals surface area contributed by atoms with Gasteiger partial charge in [-0.15, -0.1) is 0 Å². The first-order chi connectivity index (χ1) is 8.95. The Morgan fingerprint density at radius 3 is 2.21 bits per heavy atom. The number of methoxy groups -OCH3 is 1. The van der Waals surface area contributed by atoms with Gasteiger partial charge in [0.15, 0.2) is 0 Å². The Kier molecular flexibility index (Phi) is 6.32. The molecular weight excluding hydrogens is 236 g/mol. The lowest BCUT2D eigenvalue weighted by Gasteiger charge is -2.27. The fraction of sp³-hybridized carbons (Fsp3) is 0.625. The van der Waals surface area contributed by atoms with Crippen LogP contribution in [-0.2, 0) is 0 Å². The molecule has 2 N–H and O–H groups in total. The highest BCUT2D eigenvalue weighted by Crippen LogP contribution is 2.22. The van der Waals surface area contributed by atoms with Crippen molar-refractivity contribution in [3.63, 3.8) is 0 Å². The Hall–Kier alpha value is -1.06. The smallest absolute Gasteiger partial charge is 0.118 e. The molecule has 0 saturated carbocycles. The monoisotopic (exact) mass is 264 g/mol. The molecule has 2 atom stereocenters. The van der Waals surface area contributed by atoms with Gasteiger partial charge in [-0.3, -0.25) is 4.90 Å². The lowest BCUT2D eigenvalue weighted by molar-refractivity contribution is 0.243. The van der Waals surface area contributed by atoms with Gasteiger partial charge < -0.3 is 10.5 Å². The van der Waals surface area contributed by atoms with E-state index < -0.39 is 0 Å². The molecule has 3 heteroatoms. The van der Waals surface area contributed by atoms with E-state index in [4.69, 9.17) is 10.5 Å². The second-order valence-corrected chi connectivity index (χ2v) is 5.63. The molecule has 2 unspecified atom stereocenters. The summed E-state index contributed by atoms with van der Waals surface area (Å²) in [6.45, 7) is 7.60. The topological polar surface area (TPSA) is 38.5 Å². The van der Waals surface area contributed by atoms with Crippen molar-refractivity contribution in [2.45, 2.75) is 39.3 Å². The zero-order valence-corrected chi connectivity index (χ0v) is 12.9. The van der Waals surface area contributed by atoms with Crippen molar-refractivity contribution >= 4 is 0 Å². The molecule has 0 aliphatic rings. The van der Waals surface area contributed by atoms with Gasteiger partial charge in [0.05, 0.1) is 7.11 Å². The van der Waals surface area contributed by atoms with Crippen LogP contribution in [-0.4, -0.2) is 31.6 Å². The Labute approximate surface area is 117 Å². The summed E-state index contributed by atoms with van der Waals surface area (Å²) in [7, 11) is 3.85. The van der Waals surface area contributed by atoms with Crippen LogP contribution in [0.4, 0.5) is 0 Å². The van der Waals surface area contributed by atoms with Gasteiger partial charge in [-0.1, -0.05) is 26.0 Å². The third kappa shape index (κ3) is 4.84. The lowest BCUT2D eigenvalue weighted by atomic mass is 10.0. The largest absolute Gasteiger partial charge is 0.497 e. The molecule has 0 saturated heterocycles. The lowest BCUT2D eigenvalue weighted by Crippen LogP contribution is -2.32. The van der Waals surface area contributed by atoms with Crippen LogP contribution in [0.5, 0.6) is 5.75 Å². The highest BCUT2D eigenvalue weighted by molar-refractivity contribution is 5.28. The summed E-state index contributed by atoms with van der Waals surface area (Å²) in [6.07, 6.45) is 1.04. The van der Waals surface area contributed by atoms with Gasteiger partial charge in [-0.05, 0) is 50.6 Å². The predicted octanol–water partition coefficient (Wildman–Crippen LogP) is 3.06. The molecule has 3 nitrogen and oxygen atoms in total. The molecule has 1 aromatic carbocycles. The summed E-state index contributed by atoms with van der Waals surface area (Å²) >= 11 is 0. The third-order valence-electron chi connectivity index (χ3n) is 3.93. The molecule has 0 bridgehead atoms. The van der Waals surface area contributed by atoms with Crippen molar-refractivity contribution in [2.24, 2.45) is 11.7 Å². The predicted molar refractivity (Wildman–Crippen MR) is 81.5 cm³/mol. The number of nitrogens with zero attached hydrogens (tertiary/aromatic N) is 1. The van der Waals surface area contributed by atoms with Crippen molar-refractivity contribution in [3.8, 4) is 5.75 Å². The van der Waals surface area contributed by atoms with Gasteiger partial charge in [0.2, 0.25) is 0 Å². The molecule has 0 heterocycles. The summed E-state index contributed by atoms with van der Waals surface area (Å²) in [5.74, 6) is 1.45. The quantitative estimate of drug-likeness (QED) is 0.822. The average Bonchev–Trinajstić information content (AvgIpc) is 2.43. The van der Waals surface area contributed by atoms with Gasteiger partial charge in [0, 0.05) is 12.1 Å². The first-order valence-electron chi connectivity index (χ1n) is 7.05. The molecule has 0 aromatic heterocycles. The highest BCUT2D eigenvalue weighted by atomic mass is 16.5. The second kappa shape index (κ2) is 7.51. The summed E-state index contributed by atoms with van der Waals surface area (Å²) in [6, 6.07) is 8.96. The molecule has 1 rings (SSSR count). The highest BCUT2D eigenvalue weighted by Gasteiger charge is 2.14. The molecule has 0 aliphatic heterocycles. The molecule has 0 radical (unpaired) electrons. The van der Waals surface area contributed by atoms with E-state index in [9.17, 15) is 0 Å². The fourth-order valence-electron chi connectivity index (χ4n) is 2.02. The van der Waals surface area contributed by atoms with E-state index >= 15 is 0 Å². The van der Waals surface area contributed by atoms with E-state index in [2.05, 4.69) is 44.9 Å². The number of hydrogen-bond acceptors (Lipinski definition) is 3. The van der Waals surface area contributed by atoms with Crippen LogP contribution in [0, 0.1) is 5.92 Å². The first-order valence-corrected chi connectivity index (χ1v) is 7.05. The molecule has 19 heavy (non-hydrogen) atoms. The summed E-state index contributed by atoms with van der Waals surface area (Å²) in [4.78, 5) is 2.35. The number of ether oxygens (including phenoxy) is 1. The summed E-state index contributed by atoms with van der Waals surface area (Å²) in [5.41, 5.74) is 7.41. The van der Waals surface area contributed by atoms with Crippen LogP contribution >= 0.6 is 0 Å². The Bertz CT molecular complexity index is 362. The molecule has 0 amide bonds. The van der Waals surface area contributed by atoms with Gasteiger partial charge in [-0.2, -0.15) is 0 Å². The maximum atomic E-state index is 6.10. The standard InChI is InChI=1S/C16H28N2O/c1-12(2)16(17)10-11-18(4)13(3)14-6-8-15(19-5)9-7-14/h6-9,12-13,16H,10-11,17H2,1-5H3. The number of benzene rings is 1. The van der Waals surface area contributed by atoms with Gasteiger partial charge in [0.1, 0.15) is 5.75 Å². The average molecular weight is 264 g/mol. The Morgan fingerprint density at radius 1 is 1.16 bits per heavy atom. The van der Waals surface area contributed by atoms with E-state index in [0.29, 0.717) is 12.0 Å². The van der Waals surface area contributed by atoms with Gasteiger partial charge in [0.25, 0.3) is 0 Å². The molecular formula is C16H28N2O. The van der Waals surface area contributed by atoms with Crippen molar-refractivity contribution in [3.05, 3.63) is 29.8 Å². The van der Waals surface area contributed by atoms with Crippen LogP contribution in [0.1, 0.15) is 38.8 Å². The zero-order chi connectivity index (χ0) is 14.4. The Balaban J connectivity index is 2.53. The maximum absolute atomic E-state index is 6.10. The minimum Gasteiger partial charge on any atom is -0.497 e. The minimum atomic E-state index is 0.283. The third-order valence-corrected chi connectivity index (χ3v) is 3.93. The normalized spacial score (nSPS) is 14.7. The van der Waals surface area contributed by atoms with E-state index in [-0.39, 0.29) is 6.04 Å². The second-order valence-electron chi connectivity index (χ2n) is 5.63. The van der Waals surface area contributed by atoms with Crippen molar-refractivity contribution in [1.82, 2.24) is 4.90 Å². The van der Waals surface area contributed by atoms with Gasteiger partial charge >= 0.3 is 0 Å². The van der Waals surface area contributed by atoms with Crippen molar-refractivity contribution < 1.29 is 4.74 Å². The molecule has 108 valence electrons. The Morgan fingerprint density at radius 2 is 1.74 bits per heavy atom. The van der Waals surface area contributed by atoms with E-state index in [1.165, 1.54) is 5.56 Å². The first kappa shape index (κ1) is 16.0. The molecule has 0 spiro atoms. The minimum absolute atomic E-state index is 0.283. The van der Waals surface area contributed by atoms with Crippen LogP contribution < -0.4 is 10.5 Å². The van der Waals surface area contributed by atoms with Crippen LogP contribution in [0.2, 0.25) is 0 Å². The molecule has 0 aliphatic carbocycles. The molecule has 0 fully saturated rings. The molecule has 1 aromatic rings. The zero-order valence-electron chi connectivity index (χ0n) is 12.9. The van der Waals surface area contributed by atoms with Gasteiger partial charge in [-0.25, -0.2) is 0 Å². The van der Waals surface area contributed by atoms with Crippen molar-refractivity contribution in [1.29, 1.82) is 0 Å². The SMILES string of the molecule is COc1ccc(C(C)N(C)CCC(N)C(C)C)cc1. The van der Waals surface area contributed by atoms with Crippen LogP contribution in [0.25, 0.3) is 0 Å². The number of nitrogens with two attached hydrogens (primary N) is 1. The number of hydrogen-bond donors (Lipinski definition) is 1. The van der Waals surface area contributed by atoms with Crippen molar-refractivity contribution in [2.75, 3.05) is 20.7 Å². The van der Waals surface area contributed by atoms with E-state index in [0.717, 1.165) is 18.7 Å². The van der Waals surface area contributed by atoms with Crippen LogP contribution in [0.15, 0.2) is 24.3 Å². The fourth-order valence-corrected chi connectivity index (χ4v) is 2.02.